The Labute approximate surface area is 123 Å². The molecule has 1 aliphatic carbocycles. The minimum Gasteiger partial charge on any atom is -0.389 e. The van der Waals surface area contributed by atoms with E-state index in [0.29, 0.717) is 19.3 Å². The van der Waals surface area contributed by atoms with Crippen molar-refractivity contribution in [2.24, 2.45) is 5.92 Å². The molecule has 2 rings (SSSR count). The van der Waals surface area contributed by atoms with Crippen LogP contribution in [0, 0.1) is 5.92 Å². The normalized spacial score (nSPS) is 39.9. The van der Waals surface area contributed by atoms with Gasteiger partial charge in [-0.1, -0.05) is 6.92 Å². The maximum Gasteiger partial charge on any atom is 0.0898 e. The molecule has 1 saturated heterocycles. The molecule has 0 amide bonds. The highest BCUT2D eigenvalue weighted by Crippen LogP contribution is 2.26. The molecule has 4 heteroatoms. The molecule has 0 aromatic rings. The number of β-amino-alcohol motifs (C(OH)–C–C–N with tert-alkyl or cyclic N) is 1. The molecule has 1 aliphatic heterocycles. The highest BCUT2D eigenvalue weighted by molar-refractivity contribution is 4.93. The summed E-state index contributed by atoms with van der Waals surface area (Å²) < 4.78 is 11.4. The van der Waals surface area contributed by atoms with E-state index in [2.05, 4.69) is 26.1 Å². The monoisotopic (exact) mass is 285 g/mol. The average molecular weight is 285 g/mol. The molecule has 0 aromatic carbocycles. The van der Waals surface area contributed by atoms with E-state index >= 15 is 0 Å². The molecular weight excluding hydrogens is 254 g/mol. The Morgan fingerprint density at radius 1 is 1.30 bits per heavy atom. The molecule has 2 aliphatic rings. The molecule has 20 heavy (non-hydrogen) atoms. The van der Waals surface area contributed by atoms with Gasteiger partial charge in [0.1, 0.15) is 0 Å². The predicted octanol–water partition coefficient (Wildman–Crippen LogP) is 2.10. The zero-order chi connectivity index (χ0) is 14.6. The molecular formula is C16H31NO3. The Hall–Kier alpha value is -0.160. The molecule has 1 heterocycles. The summed E-state index contributed by atoms with van der Waals surface area (Å²) in [7, 11) is 0. The fourth-order valence-electron chi connectivity index (χ4n) is 3.12. The molecule has 2 fully saturated rings. The fourth-order valence-corrected chi connectivity index (χ4v) is 3.12. The lowest BCUT2D eigenvalue weighted by Crippen LogP contribution is -2.51. The van der Waals surface area contributed by atoms with E-state index in [1.807, 2.05) is 0 Å². The molecule has 0 radical (unpaired) electrons. The highest BCUT2D eigenvalue weighted by Gasteiger charge is 2.36. The topological polar surface area (TPSA) is 50.7 Å². The molecule has 0 spiro atoms. The van der Waals surface area contributed by atoms with Crippen molar-refractivity contribution in [3.8, 4) is 0 Å². The molecule has 0 aromatic heterocycles. The van der Waals surface area contributed by atoms with E-state index in [1.54, 1.807) is 0 Å². The van der Waals surface area contributed by atoms with Gasteiger partial charge in [0, 0.05) is 18.7 Å². The summed E-state index contributed by atoms with van der Waals surface area (Å²) >= 11 is 0. The van der Waals surface area contributed by atoms with Crippen molar-refractivity contribution >= 4 is 0 Å². The third-order valence-corrected chi connectivity index (χ3v) is 5.12. The quantitative estimate of drug-likeness (QED) is 0.785. The lowest BCUT2D eigenvalue weighted by atomic mass is 9.89. The fraction of sp³-hybridized carbons (Fsp3) is 1.00. The van der Waals surface area contributed by atoms with E-state index in [1.165, 1.54) is 12.8 Å². The number of hydrogen-bond acceptors (Lipinski definition) is 4. The summed E-state index contributed by atoms with van der Waals surface area (Å²) in [5, 5.41) is 13.5. The average Bonchev–Trinajstić information content (AvgIpc) is 2.76. The Bertz CT molecular complexity index is 291. The SMILES string of the molecule is CC1CCC(OCC(O)CNC2(C)CCOC2C)CC1. The van der Waals surface area contributed by atoms with Crippen LogP contribution in [0.1, 0.15) is 52.9 Å². The Morgan fingerprint density at radius 3 is 2.60 bits per heavy atom. The number of aliphatic hydroxyl groups excluding tert-OH is 1. The Balaban J connectivity index is 1.62. The van der Waals surface area contributed by atoms with Gasteiger partial charge in [-0.3, -0.25) is 0 Å². The summed E-state index contributed by atoms with van der Waals surface area (Å²) in [6.07, 6.45) is 5.92. The van der Waals surface area contributed by atoms with E-state index in [-0.39, 0.29) is 11.6 Å². The van der Waals surface area contributed by atoms with Crippen molar-refractivity contribution < 1.29 is 14.6 Å². The van der Waals surface area contributed by atoms with Crippen molar-refractivity contribution in [2.75, 3.05) is 19.8 Å². The molecule has 0 bridgehead atoms. The number of nitrogens with one attached hydrogen (secondary N) is 1. The number of hydrogen-bond donors (Lipinski definition) is 2. The summed E-state index contributed by atoms with van der Waals surface area (Å²) in [6, 6.07) is 0. The van der Waals surface area contributed by atoms with Crippen molar-refractivity contribution in [2.45, 2.75) is 76.7 Å². The van der Waals surface area contributed by atoms with E-state index in [9.17, 15) is 5.11 Å². The van der Waals surface area contributed by atoms with Crippen LogP contribution < -0.4 is 5.32 Å². The van der Waals surface area contributed by atoms with E-state index in [0.717, 1.165) is 31.8 Å². The van der Waals surface area contributed by atoms with Gasteiger partial charge in [-0.25, -0.2) is 0 Å². The van der Waals surface area contributed by atoms with Crippen LogP contribution >= 0.6 is 0 Å². The van der Waals surface area contributed by atoms with Gasteiger partial charge in [0.2, 0.25) is 0 Å². The molecule has 4 nitrogen and oxygen atoms in total. The van der Waals surface area contributed by atoms with Gasteiger partial charge in [-0.05, 0) is 51.9 Å². The second-order valence-electron chi connectivity index (χ2n) is 6.93. The minimum absolute atomic E-state index is 0.0126. The summed E-state index contributed by atoms with van der Waals surface area (Å²) in [5.74, 6) is 0.838. The number of ether oxygens (including phenoxy) is 2. The summed E-state index contributed by atoms with van der Waals surface area (Å²) in [6.45, 7) is 8.38. The van der Waals surface area contributed by atoms with Crippen LogP contribution in [0.15, 0.2) is 0 Å². The first-order valence-electron chi connectivity index (χ1n) is 8.16. The third kappa shape index (κ3) is 4.42. The maximum atomic E-state index is 10.1. The van der Waals surface area contributed by atoms with Gasteiger partial charge < -0.3 is 19.9 Å². The van der Waals surface area contributed by atoms with Gasteiger partial charge in [-0.2, -0.15) is 0 Å². The molecule has 3 atom stereocenters. The molecule has 2 N–H and O–H groups in total. The van der Waals surface area contributed by atoms with Gasteiger partial charge >= 0.3 is 0 Å². The number of aliphatic hydroxyl groups is 1. The predicted molar refractivity (Wildman–Crippen MR) is 79.8 cm³/mol. The molecule has 3 unspecified atom stereocenters. The first-order valence-corrected chi connectivity index (χ1v) is 8.16. The Kier molecular flexibility index (Phi) is 5.84. The largest absolute Gasteiger partial charge is 0.389 e. The molecule has 1 saturated carbocycles. The van der Waals surface area contributed by atoms with Crippen LogP contribution in [0.4, 0.5) is 0 Å². The van der Waals surface area contributed by atoms with Crippen LogP contribution in [0.25, 0.3) is 0 Å². The van der Waals surface area contributed by atoms with Crippen LogP contribution in [-0.2, 0) is 9.47 Å². The Morgan fingerprint density at radius 2 is 2.00 bits per heavy atom. The lowest BCUT2D eigenvalue weighted by Gasteiger charge is -2.31. The van der Waals surface area contributed by atoms with Crippen LogP contribution in [-0.4, -0.2) is 48.7 Å². The smallest absolute Gasteiger partial charge is 0.0898 e. The summed E-state index contributed by atoms with van der Waals surface area (Å²) in [5.41, 5.74) is -0.0126. The maximum absolute atomic E-state index is 10.1. The van der Waals surface area contributed by atoms with Crippen molar-refractivity contribution in [3.63, 3.8) is 0 Å². The molecule has 118 valence electrons. The van der Waals surface area contributed by atoms with Crippen molar-refractivity contribution in [3.05, 3.63) is 0 Å². The van der Waals surface area contributed by atoms with Gasteiger partial charge in [0.15, 0.2) is 0 Å². The standard InChI is InChI=1S/C16H31NO3/c1-12-4-6-15(7-5-12)20-11-14(18)10-17-16(3)8-9-19-13(16)2/h12-15,17-18H,4-11H2,1-3H3. The van der Waals surface area contributed by atoms with E-state index < -0.39 is 6.10 Å². The van der Waals surface area contributed by atoms with Crippen LogP contribution in [0.2, 0.25) is 0 Å². The second kappa shape index (κ2) is 7.21. The van der Waals surface area contributed by atoms with Gasteiger partial charge in [0.05, 0.1) is 24.9 Å². The van der Waals surface area contributed by atoms with E-state index in [4.69, 9.17) is 9.47 Å². The van der Waals surface area contributed by atoms with Crippen LogP contribution in [0.5, 0.6) is 0 Å². The number of rotatable bonds is 6. The van der Waals surface area contributed by atoms with Crippen molar-refractivity contribution in [1.29, 1.82) is 0 Å². The second-order valence-corrected chi connectivity index (χ2v) is 6.93. The van der Waals surface area contributed by atoms with Crippen LogP contribution in [0.3, 0.4) is 0 Å². The first kappa shape index (κ1) is 16.2. The summed E-state index contributed by atoms with van der Waals surface area (Å²) in [4.78, 5) is 0. The lowest BCUT2D eigenvalue weighted by molar-refractivity contribution is -0.0305. The third-order valence-electron chi connectivity index (χ3n) is 5.12. The highest BCUT2D eigenvalue weighted by atomic mass is 16.5. The first-order chi connectivity index (χ1) is 9.49. The van der Waals surface area contributed by atoms with Gasteiger partial charge in [0.25, 0.3) is 0 Å². The zero-order valence-corrected chi connectivity index (χ0v) is 13.2. The van der Waals surface area contributed by atoms with Crippen molar-refractivity contribution in [1.82, 2.24) is 5.32 Å². The minimum atomic E-state index is -0.432. The van der Waals surface area contributed by atoms with Gasteiger partial charge in [-0.15, -0.1) is 0 Å². The zero-order valence-electron chi connectivity index (χ0n) is 13.2.